The van der Waals surface area contributed by atoms with E-state index in [9.17, 15) is 9.59 Å². The molecule has 0 aromatic heterocycles. The van der Waals surface area contributed by atoms with Gasteiger partial charge in [-0.3, -0.25) is 9.69 Å². The number of para-hydroxylation sites is 1. The van der Waals surface area contributed by atoms with Crippen molar-refractivity contribution in [1.29, 1.82) is 0 Å². The molecule has 0 radical (unpaired) electrons. The minimum absolute atomic E-state index is 0. The Morgan fingerprint density at radius 3 is 2.29 bits per heavy atom. The van der Waals surface area contributed by atoms with E-state index in [2.05, 4.69) is 27.3 Å². The number of benzene rings is 3. The van der Waals surface area contributed by atoms with Gasteiger partial charge in [0.15, 0.2) is 0 Å². The van der Waals surface area contributed by atoms with Crippen LogP contribution >= 0.6 is 0 Å². The van der Waals surface area contributed by atoms with Gasteiger partial charge >= 0.3 is 29.6 Å². The molecule has 4 rings (SSSR count). The summed E-state index contributed by atoms with van der Waals surface area (Å²) in [7, 11) is 0. The van der Waals surface area contributed by atoms with Crippen LogP contribution in [0, 0.1) is 6.54 Å². The van der Waals surface area contributed by atoms with Crippen molar-refractivity contribution in [2.45, 2.75) is 25.4 Å². The maximum atomic E-state index is 13.2. The smallest absolute Gasteiger partial charge is 0.626 e. The molecule has 3 aromatic rings. The van der Waals surface area contributed by atoms with E-state index in [1.807, 2.05) is 66.7 Å². The van der Waals surface area contributed by atoms with Crippen molar-refractivity contribution in [1.82, 2.24) is 4.90 Å². The molecule has 0 aliphatic carbocycles. The molecule has 1 atom stereocenters. The van der Waals surface area contributed by atoms with Crippen LogP contribution < -0.4 is 29.6 Å². The fraction of sp³-hybridized carbons (Fsp3) is 0.185. The normalized spacial score (nSPS) is 15.4. The number of rotatable bonds is 8. The largest absolute Gasteiger partial charge is 1.00 e. The van der Waals surface area contributed by atoms with Crippen LogP contribution in [0.4, 0.5) is 5.69 Å². The van der Waals surface area contributed by atoms with Crippen molar-refractivity contribution in [3.8, 4) is 0 Å². The number of amides is 1. The molecule has 6 nitrogen and oxygen atoms in total. The van der Waals surface area contributed by atoms with Gasteiger partial charge in [0.1, 0.15) is 0 Å². The summed E-state index contributed by atoms with van der Waals surface area (Å²) in [5.41, 5.74) is 3.47. The molecule has 1 saturated heterocycles. The van der Waals surface area contributed by atoms with Crippen LogP contribution in [0.25, 0.3) is 5.32 Å². The number of likely N-dealkylation sites (tertiary alicyclic amines) is 1. The molecule has 1 aliphatic rings. The van der Waals surface area contributed by atoms with Gasteiger partial charge in [-0.15, -0.1) is 5.69 Å². The minimum atomic E-state index is -1.14. The third kappa shape index (κ3) is 7.79. The Bertz CT molecular complexity index is 1140. The maximum absolute atomic E-state index is 13.2. The molecular weight excluding hydrogens is 496 g/mol. The molecule has 1 fully saturated rings. The van der Waals surface area contributed by atoms with Gasteiger partial charge < -0.3 is 20.2 Å². The Kier molecular flexibility index (Phi) is 11.7. The van der Waals surface area contributed by atoms with Crippen molar-refractivity contribution in [2.75, 3.05) is 6.54 Å². The summed E-state index contributed by atoms with van der Waals surface area (Å²) in [4.78, 5) is 30.8. The molecule has 0 bridgehead atoms. The molecule has 178 valence electrons. The first-order valence-corrected chi connectivity index (χ1v) is 10.9. The molecule has 1 aliphatic heterocycles. The number of hydrogen-bond donors (Lipinski definition) is 1. The van der Waals surface area contributed by atoms with Gasteiger partial charge in [0, 0.05) is 23.0 Å². The van der Waals surface area contributed by atoms with E-state index in [0.29, 0.717) is 23.5 Å². The zero-order valence-electron chi connectivity index (χ0n) is 19.5. The quantitative estimate of drug-likeness (QED) is 0.279. The van der Waals surface area contributed by atoms with Crippen LogP contribution in [-0.2, 0) is 32.6 Å². The second-order valence-corrected chi connectivity index (χ2v) is 7.89. The van der Waals surface area contributed by atoms with Crippen molar-refractivity contribution >= 4 is 23.3 Å². The minimum Gasteiger partial charge on any atom is -0.626 e. The van der Waals surface area contributed by atoms with Gasteiger partial charge in [-0.05, 0) is 31.5 Å². The first kappa shape index (κ1) is 28.8. The van der Waals surface area contributed by atoms with Gasteiger partial charge in [0.05, 0.1) is 11.9 Å². The fourth-order valence-corrected chi connectivity index (χ4v) is 4.09. The molecule has 0 unspecified atom stereocenters. The number of aliphatic carboxylic acids is 1. The van der Waals surface area contributed by atoms with Crippen LogP contribution in [0.15, 0.2) is 89.9 Å². The summed E-state index contributed by atoms with van der Waals surface area (Å²) >= 11 is 0. The zero-order chi connectivity index (χ0) is 23.0. The Hall–Kier alpha value is -2.41. The average molecular weight is 521 g/mol. The third-order valence-electron chi connectivity index (χ3n) is 5.62. The van der Waals surface area contributed by atoms with Crippen LogP contribution in [0.2, 0.25) is 0 Å². The Morgan fingerprint density at radius 2 is 1.60 bits per heavy atom. The van der Waals surface area contributed by atoms with E-state index in [0.717, 1.165) is 31.5 Å². The third-order valence-corrected chi connectivity index (χ3v) is 5.62. The molecule has 1 amide bonds. The van der Waals surface area contributed by atoms with E-state index in [4.69, 9.17) is 5.11 Å². The van der Waals surface area contributed by atoms with Crippen LogP contribution in [0.1, 0.15) is 29.5 Å². The number of carboxylic acids is 1. The Labute approximate surface area is 238 Å². The Balaban J connectivity index is 0.00000216. The average Bonchev–Trinajstić information content (AvgIpc) is 3.29. The van der Waals surface area contributed by atoms with E-state index < -0.39 is 5.97 Å². The first-order valence-electron chi connectivity index (χ1n) is 10.9. The van der Waals surface area contributed by atoms with E-state index in [1.54, 1.807) is 6.07 Å². The number of hydrogen-bond acceptors (Lipinski definition) is 4. The van der Waals surface area contributed by atoms with Gasteiger partial charge in [0.25, 0.3) is 5.97 Å². The van der Waals surface area contributed by atoms with E-state index in [-0.39, 0.29) is 58.0 Å². The maximum Gasteiger partial charge on any atom is 1.00 e. The van der Waals surface area contributed by atoms with Crippen LogP contribution in [0.3, 0.4) is 0 Å². The van der Waals surface area contributed by atoms with Gasteiger partial charge in [-0.25, -0.2) is 0 Å². The van der Waals surface area contributed by atoms with E-state index in [1.165, 1.54) is 5.56 Å². The molecule has 35 heavy (non-hydrogen) atoms. The molecule has 1 N–H and O–H groups in total. The van der Waals surface area contributed by atoms with Crippen LogP contribution in [-0.4, -0.2) is 40.2 Å². The van der Waals surface area contributed by atoms with Crippen molar-refractivity contribution in [3.63, 3.8) is 0 Å². The Morgan fingerprint density at radius 1 is 0.971 bits per heavy atom. The molecule has 0 saturated carbocycles. The molecular formula is C27H25N3NaNiO3-. The summed E-state index contributed by atoms with van der Waals surface area (Å²) in [6.45, 7) is 2.42. The van der Waals surface area contributed by atoms with Crippen molar-refractivity contribution in [3.05, 3.63) is 113 Å². The van der Waals surface area contributed by atoms with Crippen molar-refractivity contribution in [2.24, 2.45) is 4.99 Å². The molecule has 3 aromatic carbocycles. The van der Waals surface area contributed by atoms with Gasteiger partial charge in [-0.1, -0.05) is 102 Å². The second kappa shape index (κ2) is 14.2. The topological polar surface area (TPSA) is 84.1 Å². The zero-order valence-corrected chi connectivity index (χ0v) is 22.5. The predicted octanol–water partition coefficient (Wildman–Crippen LogP) is 1.97. The summed E-state index contributed by atoms with van der Waals surface area (Å²) in [5.74, 6) is -1.33. The number of carbonyl (C=O) groups is 2. The summed E-state index contributed by atoms with van der Waals surface area (Å²) < 4.78 is 0. The van der Waals surface area contributed by atoms with E-state index >= 15 is 0 Å². The summed E-state index contributed by atoms with van der Waals surface area (Å²) in [6.07, 6.45) is 1.72. The molecule has 8 heteroatoms. The number of carbonyl (C=O) groups excluding carboxylic acids is 1. The summed E-state index contributed by atoms with van der Waals surface area (Å²) in [5, 5.41) is 13.6. The predicted molar refractivity (Wildman–Crippen MR) is 128 cm³/mol. The monoisotopic (exact) mass is 520 g/mol. The number of carboxylic acid groups (broad SMARTS) is 1. The molecule has 1 heterocycles. The standard InChI is InChI=1S/C27H26N3O3.Na.Ni/c31-25(32)18-28-26(21-12-5-2-6-13-21)22-14-7-8-15-23(22)29-27(33)24-16-9-17-30(24)19-20-10-3-1-4-11-20;;/h1-8,10-15,18,24H,9,16-17,19H2,(H2,28,29,31,32,33);;/q-1;+1;/p-1/t24-;;/m0../s1. The van der Waals surface area contributed by atoms with Crippen molar-refractivity contribution < 1.29 is 60.7 Å². The first-order chi connectivity index (χ1) is 16.1. The van der Waals surface area contributed by atoms with Crippen LogP contribution in [0.5, 0.6) is 0 Å². The second-order valence-electron chi connectivity index (χ2n) is 7.89. The fourth-order valence-electron chi connectivity index (χ4n) is 4.09. The molecule has 0 spiro atoms. The summed E-state index contributed by atoms with van der Waals surface area (Å²) in [6, 6.07) is 26.4. The SMILES string of the molecule is O=C(O)[CH-]N=C(c1ccccc1)c1ccccc1[N-]C(=O)[C@@H]1CCCN1Cc1ccccc1.[Na+].[Ni]. The number of nitrogens with zero attached hydrogens (tertiary/aromatic N) is 3. The van der Waals surface area contributed by atoms with Gasteiger partial charge in [-0.2, -0.15) is 0 Å². The number of aliphatic imine (C=N–C) groups is 1. The van der Waals surface area contributed by atoms with Gasteiger partial charge in [0.2, 0.25) is 0 Å².